The first-order valence-corrected chi connectivity index (χ1v) is 7.91. The molecule has 0 radical (unpaired) electrons. The summed E-state index contributed by atoms with van der Waals surface area (Å²) in [5.74, 6) is -0.664. The normalized spacial score (nSPS) is 11.4. The predicted molar refractivity (Wildman–Crippen MR) is 82.5 cm³/mol. The fourth-order valence-corrected chi connectivity index (χ4v) is 3.18. The van der Waals surface area contributed by atoms with Gasteiger partial charge in [0.05, 0.1) is 10.6 Å². The van der Waals surface area contributed by atoms with E-state index in [1.54, 1.807) is 25.1 Å². The zero-order valence-electron chi connectivity index (χ0n) is 11.4. The second-order valence-electron chi connectivity index (χ2n) is 4.68. The van der Waals surface area contributed by atoms with Crippen molar-refractivity contribution in [2.45, 2.75) is 18.7 Å². The van der Waals surface area contributed by atoms with Crippen molar-refractivity contribution in [3.8, 4) is 0 Å². The van der Waals surface area contributed by atoms with Crippen LogP contribution in [0.5, 0.6) is 0 Å². The molecule has 0 fully saturated rings. The van der Waals surface area contributed by atoms with Gasteiger partial charge in [0.2, 0.25) is 0 Å². The Bertz CT molecular complexity index is 784. The average Bonchev–Trinajstić information content (AvgIpc) is 2.38. The SMILES string of the molecule is Cc1cc(Cl)ccc1NS(=O)(=O)c1cc(N)c(C)c(F)c1. The van der Waals surface area contributed by atoms with E-state index in [2.05, 4.69) is 4.72 Å². The van der Waals surface area contributed by atoms with E-state index in [1.165, 1.54) is 13.0 Å². The third kappa shape index (κ3) is 3.28. The van der Waals surface area contributed by atoms with Crippen LogP contribution in [0.25, 0.3) is 0 Å². The number of hydrogen-bond acceptors (Lipinski definition) is 3. The number of aryl methyl sites for hydroxylation is 1. The van der Waals surface area contributed by atoms with E-state index >= 15 is 0 Å². The molecule has 0 bridgehead atoms. The van der Waals surface area contributed by atoms with Crippen LogP contribution in [0.4, 0.5) is 15.8 Å². The van der Waals surface area contributed by atoms with Gasteiger partial charge in [-0.3, -0.25) is 4.72 Å². The molecule has 0 spiro atoms. The van der Waals surface area contributed by atoms with Crippen LogP contribution in [-0.2, 0) is 10.0 Å². The molecule has 7 heteroatoms. The molecule has 0 unspecified atom stereocenters. The van der Waals surface area contributed by atoms with Crippen LogP contribution < -0.4 is 10.5 Å². The molecular formula is C14H14ClFN2O2S. The van der Waals surface area contributed by atoms with Gasteiger partial charge in [0.25, 0.3) is 10.0 Å². The standard InChI is InChI=1S/C14H14ClFN2O2S/c1-8-5-10(15)3-4-14(8)18-21(19,20)11-6-12(16)9(2)13(17)7-11/h3-7,18H,17H2,1-2H3. The molecule has 112 valence electrons. The van der Waals surface area contributed by atoms with Gasteiger partial charge in [-0.2, -0.15) is 0 Å². The number of nitrogens with one attached hydrogen (secondary N) is 1. The second kappa shape index (κ2) is 5.54. The van der Waals surface area contributed by atoms with E-state index < -0.39 is 15.8 Å². The summed E-state index contributed by atoms with van der Waals surface area (Å²) in [5.41, 5.74) is 6.95. The van der Waals surface area contributed by atoms with Gasteiger partial charge in [-0.1, -0.05) is 11.6 Å². The Hall–Kier alpha value is -1.79. The summed E-state index contributed by atoms with van der Waals surface area (Å²) in [6.07, 6.45) is 0. The molecular weight excluding hydrogens is 315 g/mol. The Labute approximate surface area is 127 Å². The minimum atomic E-state index is -3.92. The maximum absolute atomic E-state index is 13.7. The molecule has 0 heterocycles. The van der Waals surface area contributed by atoms with E-state index in [-0.39, 0.29) is 16.1 Å². The van der Waals surface area contributed by atoms with Crippen LogP contribution in [0.3, 0.4) is 0 Å². The molecule has 0 aliphatic heterocycles. The van der Waals surface area contributed by atoms with E-state index in [9.17, 15) is 12.8 Å². The van der Waals surface area contributed by atoms with Gasteiger partial charge < -0.3 is 5.73 Å². The number of anilines is 2. The molecule has 4 nitrogen and oxygen atoms in total. The average molecular weight is 329 g/mol. The van der Waals surface area contributed by atoms with Crippen LogP contribution in [0.1, 0.15) is 11.1 Å². The van der Waals surface area contributed by atoms with Gasteiger partial charge in [-0.15, -0.1) is 0 Å². The van der Waals surface area contributed by atoms with Crippen molar-refractivity contribution in [3.05, 3.63) is 52.3 Å². The lowest BCUT2D eigenvalue weighted by molar-refractivity contribution is 0.593. The third-order valence-electron chi connectivity index (χ3n) is 3.10. The number of nitrogens with two attached hydrogens (primary N) is 1. The van der Waals surface area contributed by atoms with E-state index in [0.717, 1.165) is 6.07 Å². The summed E-state index contributed by atoms with van der Waals surface area (Å²) in [6.45, 7) is 3.20. The lowest BCUT2D eigenvalue weighted by atomic mass is 10.2. The van der Waals surface area contributed by atoms with Crippen LogP contribution in [0.2, 0.25) is 5.02 Å². The first-order valence-electron chi connectivity index (χ1n) is 6.05. The molecule has 0 aliphatic carbocycles. The zero-order chi connectivity index (χ0) is 15.8. The summed E-state index contributed by atoms with van der Waals surface area (Å²) < 4.78 is 40.6. The van der Waals surface area contributed by atoms with Crippen molar-refractivity contribution in [3.63, 3.8) is 0 Å². The topological polar surface area (TPSA) is 72.2 Å². The van der Waals surface area contributed by atoms with Crippen molar-refractivity contribution in [2.24, 2.45) is 0 Å². The summed E-state index contributed by atoms with van der Waals surface area (Å²) in [5, 5.41) is 0.501. The van der Waals surface area contributed by atoms with E-state index in [4.69, 9.17) is 17.3 Å². The maximum atomic E-state index is 13.7. The molecule has 21 heavy (non-hydrogen) atoms. The minimum absolute atomic E-state index is 0.0863. The van der Waals surface area contributed by atoms with Crippen molar-refractivity contribution < 1.29 is 12.8 Å². The summed E-state index contributed by atoms with van der Waals surface area (Å²) in [4.78, 5) is -0.225. The quantitative estimate of drug-likeness (QED) is 0.847. The molecule has 2 rings (SSSR count). The van der Waals surface area contributed by atoms with Crippen LogP contribution in [-0.4, -0.2) is 8.42 Å². The first kappa shape index (κ1) is 15.6. The van der Waals surface area contributed by atoms with E-state index in [0.29, 0.717) is 16.3 Å². The summed E-state index contributed by atoms with van der Waals surface area (Å²) in [7, 11) is -3.92. The smallest absolute Gasteiger partial charge is 0.262 e. The lowest BCUT2D eigenvalue weighted by Crippen LogP contribution is -2.14. The molecule has 0 amide bonds. The number of hydrogen-bond donors (Lipinski definition) is 2. The zero-order valence-corrected chi connectivity index (χ0v) is 13.0. The highest BCUT2D eigenvalue weighted by Crippen LogP contribution is 2.25. The van der Waals surface area contributed by atoms with Crippen LogP contribution in [0, 0.1) is 19.7 Å². The van der Waals surface area contributed by atoms with Crippen molar-refractivity contribution >= 4 is 33.0 Å². The van der Waals surface area contributed by atoms with Gasteiger partial charge in [-0.05, 0) is 49.7 Å². The highest BCUT2D eigenvalue weighted by atomic mass is 35.5. The summed E-state index contributed by atoms with van der Waals surface area (Å²) >= 11 is 5.82. The largest absolute Gasteiger partial charge is 0.398 e. The molecule has 0 atom stereocenters. The molecule has 0 aliphatic rings. The molecule has 2 aromatic carbocycles. The minimum Gasteiger partial charge on any atom is -0.398 e. The van der Waals surface area contributed by atoms with Crippen LogP contribution in [0.15, 0.2) is 35.2 Å². The first-order chi connectivity index (χ1) is 9.70. The monoisotopic (exact) mass is 328 g/mol. The fourth-order valence-electron chi connectivity index (χ4n) is 1.77. The maximum Gasteiger partial charge on any atom is 0.262 e. The number of nitrogen functional groups attached to an aromatic ring is 1. The fraction of sp³-hybridized carbons (Fsp3) is 0.143. The Kier molecular flexibility index (Phi) is 4.11. The highest BCUT2D eigenvalue weighted by molar-refractivity contribution is 7.92. The van der Waals surface area contributed by atoms with Gasteiger partial charge in [0.1, 0.15) is 5.82 Å². The Morgan fingerprint density at radius 1 is 1.19 bits per heavy atom. The number of rotatable bonds is 3. The molecule has 0 aromatic heterocycles. The van der Waals surface area contributed by atoms with Crippen LogP contribution >= 0.6 is 11.6 Å². The van der Waals surface area contributed by atoms with Gasteiger partial charge in [-0.25, -0.2) is 12.8 Å². The van der Waals surface area contributed by atoms with E-state index in [1.807, 2.05) is 0 Å². The van der Waals surface area contributed by atoms with Gasteiger partial charge >= 0.3 is 0 Å². The molecule has 0 saturated carbocycles. The Morgan fingerprint density at radius 2 is 1.86 bits per heavy atom. The predicted octanol–water partition coefficient (Wildman–Crippen LogP) is 3.48. The summed E-state index contributed by atoms with van der Waals surface area (Å²) in [6, 6.07) is 6.91. The Balaban J connectivity index is 2.43. The van der Waals surface area contributed by atoms with Crippen molar-refractivity contribution in [1.82, 2.24) is 0 Å². The third-order valence-corrected chi connectivity index (χ3v) is 4.68. The van der Waals surface area contributed by atoms with Gasteiger partial charge in [0.15, 0.2) is 0 Å². The number of benzene rings is 2. The van der Waals surface area contributed by atoms with Crippen molar-refractivity contribution in [1.29, 1.82) is 0 Å². The molecule has 0 saturated heterocycles. The van der Waals surface area contributed by atoms with Gasteiger partial charge in [0, 0.05) is 16.3 Å². The second-order valence-corrected chi connectivity index (χ2v) is 6.80. The Morgan fingerprint density at radius 3 is 2.43 bits per heavy atom. The molecule has 3 N–H and O–H groups in total. The highest BCUT2D eigenvalue weighted by Gasteiger charge is 2.18. The molecule has 2 aromatic rings. The lowest BCUT2D eigenvalue weighted by Gasteiger charge is -2.12. The number of sulfonamides is 1. The van der Waals surface area contributed by atoms with Crippen molar-refractivity contribution in [2.75, 3.05) is 10.5 Å². The number of halogens is 2.